The van der Waals surface area contributed by atoms with Crippen molar-refractivity contribution in [2.45, 2.75) is 123 Å². The molecule has 1 N–H and O–H groups in total. The molecule has 0 radical (unpaired) electrons. The highest BCUT2D eigenvalue weighted by Crippen LogP contribution is 2.57. The van der Waals surface area contributed by atoms with Crippen molar-refractivity contribution in [1.82, 2.24) is 15.1 Å². The van der Waals surface area contributed by atoms with E-state index in [4.69, 9.17) is 9.47 Å². The molecule has 3 aliphatic heterocycles. The summed E-state index contributed by atoms with van der Waals surface area (Å²) in [6.45, 7) is 8.01. The number of esters is 1. The van der Waals surface area contributed by atoms with E-state index in [0.29, 0.717) is 43.4 Å². The molecule has 3 amide bonds. The second-order valence-electron chi connectivity index (χ2n) is 16.6. The number of nitrogens with zero attached hydrogens (tertiary/aromatic N) is 2. The van der Waals surface area contributed by atoms with Gasteiger partial charge in [0.05, 0.1) is 31.0 Å². The molecule has 6 rings (SSSR count). The molecular formula is C43H54FN3O7. The third-order valence-electron chi connectivity index (χ3n) is 11.2. The fraction of sp³-hybridized carbons (Fsp3) is 0.558. The molecule has 0 aromatic heterocycles. The summed E-state index contributed by atoms with van der Waals surface area (Å²) in [5.41, 5.74) is 1.74. The molecule has 2 aromatic rings. The van der Waals surface area contributed by atoms with Crippen LogP contribution in [0, 0.1) is 30.0 Å². The Bertz CT molecular complexity index is 1790. The third-order valence-corrected chi connectivity index (χ3v) is 11.2. The number of Topliss-reactive ketones (excluding diaryl/α,β-unsaturated/α-hetero) is 1. The van der Waals surface area contributed by atoms with Crippen molar-refractivity contribution >= 4 is 29.7 Å². The minimum absolute atomic E-state index is 0.0278. The monoisotopic (exact) mass is 743 g/mol. The number of ether oxygens (including phenoxy) is 2. The van der Waals surface area contributed by atoms with Gasteiger partial charge in [-0.2, -0.15) is 0 Å². The topological polar surface area (TPSA) is 122 Å². The largest absolute Gasteiger partial charge is 0.460 e. The van der Waals surface area contributed by atoms with Crippen molar-refractivity contribution < 1.29 is 37.8 Å². The number of fused-ring (bicyclic) bond motifs is 3. The molecule has 2 aromatic carbocycles. The number of carbonyl (C=O) groups is 5. The quantitative estimate of drug-likeness (QED) is 0.246. The first-order chi connectivity index (χ1) is 25.7. The molecule has 5 atom stereocenters. The minimum atomic E-state index is -0.947. The highest BCUT2D eigenvalue weighted by atomic mass is 19.1. The molecule has 0 bridgehead atoms. The number of hydrogen-bond acceptors (Lipinski definition) is 7. The van der Waals surface area contributed by atoms with Gasteiger partial charge < -0.3 is 19.7 Å². The molecule has 1 saturated heterocycles. The number of carbonyl (C=O) groups excluding carboxylic acids is 5. The van der Waals surface area contributed by atoms with Crippen LogP contribution in [0.25, 0.3) is 0 Å². The van der Waals surface area contributed by atoms with Crippen LogP contribution in [-0.4, -0.2) is 70.3 Å². The van der Waals surface area contributed by atoms with E-state index in [0.717, 1.165) is 30.4 Å². The number of ketones is 1. The lowest BCUT2D eigenvalue weighted by Gasteiger charge is -2.29. The van der Waals surface area contributed by atoms with Crippen molar-refractivity contribution in [2.75, 3.05) is 13.1 Å². The number of aryl methyl sites for hydroxylation is 1. The second kappa shape index (κ2) is 16.4. The van der Waals surface area contributed by atoms with E-state index in [1.807, 2.05) is 25.1 Å². The zero-order valence-electron chi connectivity index (χ0n) is 32.0. The summed E-state index contributed by atoms with van der Waals surface area (Å²) in [4.78, 5) is 72.3. The molecule has 54 heavy (non-hydrogen) atoms. The van der Waals surface area contributed by atoms with Gasteiger partial charge in [-0.15, -0.1) is 0 Å². The van der Waals surface area contributed by atoms with E-state index < -0.39 is 41.1 Å². The van der Waals surface area contributed by atoms with E-state index >= 15 is 0 Å². The Morgan fingerprint density at radius 1 is 1.04 bits per heavy atom. The zero-order chi connectivity index (χ0) is 38.6. The second-order valence-corrected chi connectivity index (χ2v) is 16.6. The van der Waals surface area contributed by atoms with Crippen LogP contribution in [0.3, 0.4) is 0 Å². The molecule has 10 nitrogen and oxygen atoms in total. The fourth-order valence-electron chi connectivity index (χ4n) is 8.30. The van der Waals surface area contributed by atoms with Crippen LogP contribution < -0.4 is 5.32 Å². The van der Waals surface area contributed by atoms with Gasteiger partial charge in [0.1, 0.15) is 17.5 Å². The summed E-state index contributed by atoms with van der Waals surface area (Å²) < 4.78 is 26.0. The summed E-state index contributed by atoms with van der Waals surface area (Å²) in [5.74, 6) is -2.52. The Hall–Kier alpha value is -4.54. The first kappa shape index (κ1) is 39.2. The Morgan fingerprint density at radius 2 is 1.83 bits per heavy atom. The van der Waals surface area contributed by atoms with Gasteiger partial charge in [0.2, 0.25) is 11.8 Å². The van der Waals surface area contributed by atoms with Crippen LogP contribution in [0.5, 0.6) is 0 Å². The summed E-state index contributed by atoms with van der Waals surface area (Å²) in [6, 6.07) is 11.9. The first-order valence-corrected chi connectivity index (χ1v) is 19.5. The van der Waals surface area contributed by atoms with Crippen molar-refractivity contribution in [3.63, 3.8) is 0 Å². The number of benzene rings is 2. The lowest BCUT2D eigenvalue weighted by atomic mass is 9.90. The van der Waals surface area contributed by atoms with Crippen molar-refractivity contribution in [1.29, 1.82) is 0 Å². The lowest BCUT2D eigenvalue weighted by Crippen LogP contribution is -2.46. The average molecular weight is 744 g/mol. The maximum Gasteiger partial charge on any atom is 0.410 e. The molecule has 1 saturated carbocycles. The zero-order valence-corrected chi connectivity index (χ0v) is 32.0. The van der Waals surface area contributed by atoms with Crippen LogP contribution in [0.2, 0.25) is 0 Å². The Morgan fingerprint density at radius 3 is 2.59 bits per heavy atom. The molecule has 4 aliphatic rings. The van der Waals surface area contributed by atoms with Crippen LogP contribution in [0.15, 0.2) is 54.6 Å². The summed E-state index contributed by atoms with van der Waals surface area (Å²) in [6.07, 6.45) is 7.46. The number of halogens is 1. The van der Waals surface area contributed by atoms with Crippen LogP contribution >= 0.6 is 0 Å². The normalized spacial score (nSPS) is 26.5. The molecule has 1 aliphatic carbocycles. The highest BCUT2D eigenvalue weighted by Gasteiger charge is 2.60. The van der Waals surface area contributed by atoms with Crippen molar-refractivity contribution in [3.8, 4) is 0 Å². The van der Waals surface area contributed by atoms with E-state index in [2.05, 4.69) is 23.5 Å². The predicted molar refractivity (Wildman–Crippen MR) is 200 cm³/mol. The van der Waals surface area contributed by atoms with Gasteiger partial charge in [-0.3, -0.25) is 24.1 Å². The smallest absolute Gasteiger partial charge is 0.410 e. The molecule has 2 fully saturated rings. The van der Waals surface area contributed by atoms with E-state index in [-0.39, 0.29) is 68.2 Å². The SMILES string of the molecule is Cc1cccc(CCNC(=O)C23CC(=O)[C@@H]4CC(OC(=O)N5Cc6cccc(F)c6C5)CN4C(=O)C(CC(=O)OC(C)(C)C)CCCCC/C=C\C2C3)c1. The Balaban J connectivity index is 1.22. The van der Waals surface area contributed by atoms with Gasteiger partial charge in [-0.25, -0.2) is 9.18 Å². The fourth-order valence-corrected chi connectivity index (χ4v) is 8.30. The van der Waals surface area contributed by atoms with Gasteiger partial charge in [-0.1, -0.05) is 67.0 Å². The number of nitrogens with one attached hydrogen (secondary N) is 1. The van der Waals surface area contributed by atoms with Crippen LogP contribution in [0.1, 0.15) is 101 Å². The summed E-state index contributed by atoms with van der Waals surface area (Å²) in [7, 11) is 0. The van der Waals surface area contributed by atoms with E-state index in [1.54, 1.807) is 32.9 Å². The van der Waals surface area contributed by atoms with Gasteiger partial charge in [0.15, 0.2) is 5.78 Å². The van der Waals surface area contributed by atoms with Gasteiger partial charge in [0.25, 0.3) is 0 Å². The number of amides is 3. The standard InChI is InChI=1S/C43H54FN3O7/c1-28-12-10-13-29(20-28)18-19-45-40(51)43-23-32(43)16-9-7-5-6-8-14-30(21-38(49)54-42(2,3)4)39(50)47-26-33(22-36(47)37(48)24-43)53-41(52)46-25-31-15-11-17-35(44)34(31)27-46/h9-13,15-17,20,30,32-33,36H,5-8,14,18-19,21-27H2,1-4H3,(H,45,51)/b16-9-/t30?,32?,33?,36-,43?/m0/s1. The maximum atomic E-state index is 14.5. The molecule has 3 heterocycles. The first-order valence-electron chi connectivity index (χ1n) is 19.5. The van der Waals surface area contributed by atoms with Gasteiger partial charge in [0, 0.05) is 37.4 Å². The van der Waals surface area contributed by atoms with E-state index in [9.17, 15) is 28.4 Å². The summed E-state index contributed by atoms with van der Waals surface area (Å²) in [5, 5.41) is 3.10. The highest BCUT2D eigenvalue weighted by molar-refractivity contribution is 5.97. The van der Waals surface area contributed by atoms with Gasteiger partial charge >= 0.3 is 12.1 Å². The van der Waals surface area contributed by atoms with Crippen molar-refractivity contribution in [2.24, 2.45) is 17.3 Å². The van der Waals surface area contributed by atoms with Crippen LogP contribution in [-0.2, 0) is 48.2 Å². The molecular weight excluding hydrogens is 689 g/mol. The number of allylic oxidation sites excluding steroid dienone is 2. The van der Waals surface area contributed by atoms with Gasteiger partial charge in [-0.05, 0) is 82.9 Å². The van der Waals surface area contributed by atoms with Crippen molar-refractivity contribution in [3.05, 3.63) is 82.7 Å². The Labute approximate surface area is 317 Å². The minimum Gasteiger partial charge on any atom is -0.460 e. The molecule has 290 valence electrons. The molecule has 11 heteroatoms. The third kappa shape index (κ3) is 9.39. The van der Waals surface area contributed by atoms with E-state index in [1.165, 1.54) is 15.9 Å². The average Bonchev–Trinajstić information content (AvgIpc) is 3.40. The summed E-state index contributed by atoms with van der Waals surface area (Å²) >= 11 is 0. The predicted octanol–water partition coefficient (Wildman–Crippen LogP) is 6.75. The number of hydrogen-bond donors (Lipinski definition) is 1. The lowest BCUT2D eigenvalue weighted by molar-refractivity contribution is -0.159. The Kier molecular flexibility index (Phi) is 11.9. The maximum absolute atomic E-state index is 14.5. The molecule has 0 spiro atoms. The number of rotatable bonds is 7. The van der Waals surface area contributed by atoms with Crippen LogP contribution in [0.4, 0.5) is 9.18 Å². The molecule has 4 unspecified atom stereocenters.